The van der Waals surface area contributed by atoms with E-state index in [1.165, 1.54) is 23.8 Å². The minimum absolute atomic E-state index is 0.152. The van der Waals surface area contributed by atoms with Gasteiger partial charge in [-0.15, -0.1) is 11.3 Å². The normalized spacial score (nSPS) is 10.3. The Morgan fingerprint density at radius 2 is 1.33 bits per heavy atom. The van der Waals surface area contributed by atoms with Crippen molar-refractivity contribution >= 4 is 57.2 Å². The Bertz CT molecular complexity index is 2140. The number of nitrogens with two attached hydrogens (primary N) is 1. The molecule has 258 valence electrons. The number of hydrogen-bond donors (Lipinski definition) is 4. The van der Waals surface area contributed by atoms with Crippen molar-refractivity contribution < 1.29 is 28.7 Å². The molecule has 0 bridgehead atoms. The number of nitrogens with one attached hydrogen (secondary N) is 3. The van der Waals surface area contributed by atoms with E-state index in [-0.39, 0.29) is 24.3 Å². The first-order valence-corrected chi connectivity index (χ1v) is 16.7. The Hall–Kier alpha value is -6.46. The molecule has 0 spiro atoms. The summed E-state index contributed by atoms with van der Waals surface area (Å²) < 4.78 is 9.75. The van der Waals surface area contributed by atoms with E-state index < -0.39 is 5.97 Å². The minimum atomic E-state index is -0.415. The topological polar surface area (TPSA) is 149 Å². The third-order valence-electron chi connectivity index (χ3n) is 7.82. The molecule has 0 radical (unpaired) electrons. The van der Waals surface area contributed by atoms with Crippen LogP contribution in [0.4, 0.5) is 11.4 Å². The van der Waals surface area contributed by atoms with Gasteiger partial charge in [0.15, 0.2) is 0 Å². The third-order valence-corrected chi connectivity index (χ3v) is 8.74. The summed E-state index contributed by atoms with van der Waals surface area (Å²) >= 11 is 1.24. The Balaban J connectivity index is 0.000000210. The van der Waals surface area contributed by atoms with Gasteiger partial charge in [0.25, 0.3) is 17.7 Å². The number of rotatable bonds is 10. The zero-order chi connectivity index (χ0) is 36.2. The summed E-state index contributed by atoms with van der Waals surface area (Å²) in [4.78, 5) is 49.1. The molecule has 0 fully saturated rings. The van der Waals surface area contributed by atoms with Crippen molar-refractivity contribution in [3.63, 3.8) is 0 Å². The molecule has 0 aliphatic rings. The first kappa shape index (κ1) is 35.8. The van der Waals surface area contributed by atoms with Gasteiger partial charge in [-0.25, -0.2) is 4.79 Å². The maximum atomic E-state index is 12.6. The number of ether oxygens (including phenoxy) is 2. The number of amides is 3. The van der Waals surface area contributed by atoms with Crippen molar-refractivity contribution in [2.75, 3.05) is 25.3 Å². The van der Waals surface area contributed by atoms with Crippen LogP contribution < -0.4 is 26.4 Å². The van der Waals surface area contributed by atoms with E-state index in [1.807, 2.05) is 36.4 Å². The second-order valence-corrected chi connectivity index (χ2v) is 12.0. The zero-order valence-electron chi connectivity index (χ0n) is 28.0. The van der Waals surface area contributed by atoms with Crippen LogP contribution in [0.25, 0.3) is 10.8 Å². The number of anilines is 2. The molecule has 1 heterocycles. The van der Waals surface area contributed by atoms with Crippen molar-refractivity contribution in [3.8, 4) is 5.75 Å². The lowest BCUT2D eigenvalue weighted by molar-refractivity contribution is 0.0600. The van der Waals surface area contributed by atoms with Crippen LogP contribution in [0.1, 0.15) is 51.9 Å². The highest BCUT2D eigenvalue weighted by Gasteiger charge is 2.16. The van der Waals surface area contributed by atoms with Crippen LogP contribution in [0.3, 0.4) is 0 Å². The van der Waals surface area contributed by atoms with Crippen LogP contribution in [0, 0.1) is 0 Å². The van der Waals surface area contributed by atoms with Crippen LogP contribution in [-0.2, 0) is 17.8 Å². The summed E-state index contributed by atoms with van der Waals surface area (Å²) in [7, 11) is 2.88. The average molecular weight is 701 g/mol. The summed E-state index contributed by atoms with van der Waals surface area (Å²) in [5, 5.41) is 12.6. The van der Waals surface area contributed by atoms with E-state index in [2.05, 4.69) is 38.9 Å². The van der Waals surface area contributed by atoms with E-state index in [4.69, 9.17) is 10.5 Å². The highest BCUT2D eigenvalue weighted by molar-refractivity contribution is 7.12. The van der Waals surface area contributed by atoms with Gasteiger partial charge in [0.1, 0.15) is 10.6 Å². The van der Waals surface area contributed by atoms with Gasteiger partial charge >= 0.3 is 5.97 Å². The van der Waals surface area contributed by atoms with Crippen molar-refractivity contribution in [3.05, 3.63) is 159 Å². The fourth-order valence-electron chi connectivity index (χ4n) is 5.08. The fraction of sp³-hybridized carbons (Fsp3) is 0.100. The van der Waals surface area contributed by atoms with Crippen molar-refractivity contribution in [2.45, 2.75) is 13.1 Å². The van der Waals surface area contributed by atoms with Gasteiger partial charge in [-0.05, 0) is 81.9 Å². The number of nitrogen functional groups attached to an aromatic ring is 1. The number of hydrogen-bond acceptors (Lipinski definition) is 8. The van der Waals surface area contributed by atoms with E-state index in [9.17, 15) is 19.2 Å². The molecule has 0 unspecified atom stereocenters. The van der Waals surface area contributed by atoms with Crippen molar-refractivity contribution in [1.82, 2.24) is 10.6 Å². The summed E-state index contributed by atoms with van der Waals surface area (Å²) in [5.41, 5.74) is 10.1. The van der Waals surface area contributed by atoms with Crippen LogP contribution >= 0.6 is 11.3 Å². The van der Waals surface area contributed by atoms with E-state index in [0.29, 0.717) is 45.2 Å². The number of methoxy groups -OCH3 is 2. The molecule has 0 saturated carbocycles. The van der Waals surface area contributed by atoms with Gasteiger partial charge in [0, 0.05) is 24.3 Å². The molecule has 0 atom stereocenters. The van der Waals surface area contributed by atoms with Gasteiger partial charge in [-0.3, -0.25) is 14.4 Å². The van der Waals surface area contributed by atoms with Gasteiger partial charge < -0.3 is 31.2 Å². The van der Waals surface area contributed by atoms with Gasteiger partial charge in [0.05, 0.1) is 31.0 Å². The molecule has 5 aromatic carbocycles. The number of fused-ring (bicyclic) bond motifs is 1. The number of carbonyl (C=O) groups is 4. The van der Waals surface area contributed by atoms with Crippen LogP contribution in [0.5, 0.6) is 5.75 Å². The van der Waals surface area contributed by atoms with Crippen molar-refractivity contribution in [2.24, 2.45) is 0 Å². The third kappa shape index (κ3) is 9.37. The van der Waals surface area contributed by atoms with Gasteiger partial charge in [-0.2, -0.15) is 0 Å². The molecule has 1 aromatic heterocycles. The minimum Gasteiger partial charge on any atom is -0.497 e. The molecule has 10 nitrogen and oxygen atoms in total. The standard InChI is InChI=1S/C22H20N2O5S.C18H16N2O/c1-28-17-9-7-15(8-10-17)20(25)24-18-11-12-30-19(18)21(26)23-13-14-3-5-16(6-4-14)22(27)29-2;19-17-11-4-3-10-16(17)18(21)20-12-14-8-5-7-13-6-1-2-9-15(13)14/h3-12H,13H2,1-2H3,(H,23,26)(H,24,25);1-11H,12,19H2,(H,20,21). The van der Waals surface area contributed by atoms with Crippen molar-refractivity contribution in [1.29, 1.82) is 0 Å². The number of benzene rings is 5. The van der Waals surface area contributed by atoms with Crippen LogP contribution in [-0.4, -0.2) is 37.9 Å². The van der Waals surface area contributed by atoms with Gasteiger partial charge in [-0.1, -0.05) is 66.7 Å². The molecule has 6 aromatic rings. The molecule has 5 N–H and O–H groups in total. The maximum absolute atomic E-state index is 12.6. The Morgan fingerprint density at radius 3 is 2.06 bits per heavy atom. The predicted molar refractivity (Wildman–Crippen MR) is 200 cm³/mol. The zero-order valence-corrected chi connectivity index (χ0v) is 28.8. The smallest absolute Gasteiger partial charge is 0.337 e. The molecule has 0 saturated heterocycles. The number of para-hydroxylation sites is 1. The van der Waals surface area contributed by atoms with Gasteiger partial charge in [0.2, 0.25) is 0 Å². The molecule has 11 heteroatoms. The number of carbonyl (C=O) groups excluding carboxylic acids is 4. The molecule has 3 amide bonds. The highest BCUT2D eigenvalue weighted by atomic mass is 32.1. The summed E-state index contributed by atoms with van der Waals surface area (Å²) in [5.74, 6) is -0.528. The number of esters is 1. The highest BCUT2D eigenvalue weighted by Crippen LogP contribution is 2.24. The lowest BCUT2D eigenvalue weighted by Crippen LogP contribution is -2.23. The maximum Gasteiger partial charge on any atom is 0.337 e. The van der Waals surface area contributed by atoms with Crippen LogP contribution in [0.2, 0.25) is 0 Å². The number of thiophene rings is 1. The monoisotopic (exact) mass is 700 g/mol. The SMILES string of the molecule is COC(=O)c1ccc(CNC(=O)c2sccc2NC(=O)c2ccc(OC)cc2)cc1.Nc1ccccc1C(=O)NCc1cccc2ccccc12. The van der Waals surface area contributed by atoms with E-state index >= 15 is 0 Å². The lowest BCUT2D eigenvalue weighted by atomic mass is 10.0. The molecule has 0 aliphatic carbocycles. The summed E-state index contributed by atoms with van der Waals surface area (Å²) in [6.45, 7) is 0.762. The Morgan fingerprint density at radius 1 is 0.667 bits per heavy atom. The molecule has 51 heavy (non-hydrogen) atoms. The Kier molecular flexibility index (Phi) is 12.1. The Labute approximate surface area is 299 Å². The molecule has 0 aliphatic heterocycles. The first-order valence-electron chi connectivity index (χ1n) is 15.8. The van der Waals surface area contributed by atoms with Crippen LogP contribution in [0.15, 0.2) is 127 Å². The van der Waals surface area contributed by atoms with E-state index in [0.717, 1.165) is 16.5 Å². The molecular formula is C40H36N4O6S. The average Bonchev–Trinajstić information content (AvgIpc) is 3.64. The summed E-state index contributed by atoms with van der Waals surface area (Å²) in [6, 6.07) is 36.5. The fourth-order valence-corrected chi connectivity index (χ4v) is 5.85. The second-order valence-electron chi connectivity index (χ2n) is 11.1. The second kappa shape index (κ2) is 17.3. The first-order chi connectivity index (χ1) is 24.8. The van der Waals surface area contributed by atoms with E-state index in [1.54, 1.807) is 79.2 Å². The quantitative estimate of drug-likeness (QED) is 0.0882. The molecule has 6 rings (SSSR count). The summed E-state index contributed by atoms with van der Waals surface area (Å²) in [6.07, 6.45) is 0. The molecular weight excluding hydrogens is 665 g/mol. The predicted octanol–water partition coefficient (Wildman–Crippen LogP) is 7.08. The largest absolute Gasteiger partial charge is 0.497 e. The lowest BCUT2D eigenvalue weighted by Gasteiger charge is -2.09.